The summed E-state index contributed by atoms with van der Waals surface area (Å²) in [5.41, 5.74) is 0.822. The standard InChI is InChI=1S/C18H25N3O2/c22-14-18(9-3-4-10-18)20-17(23)19-11-5-12-21-13-8-15-6-1-2-7-16(15)21/h1-2,6-8,13,22H,3-5,9-12,14H2,(H2,19,20,23). The molecule has 2 aromatic rings. The largest absolute Gasteiger partial charge is 0.394 e. The summed E-state index contributed by atoms with van der Waals surface area (Å²) in [6.07, 6.45) is 6.84. The summed E-state index contributed by atoms with van der Waals surface area (Å²) >= 11 is 0. The van der Waals surface area contributed by atoms with Gasteiger partial charge < -0.3 is 20.3 Å². The highest BCUT2D eigenvalue weighted by Crippen LogP contribution is 2.28. The van der Waals surface area contributed by atoms with Crippen LogP contribution in [0.3, 0.4) is 0 Å². The van der Waals surface area contributed by atoms with E-state index in [1.54, 1.807) is 0 Å². The SMILES string of the molecule is O=C(NCCCn1ccc2ccccc21)NC1(CO)CCCC1. The fraction of sp³-hybridized carbons (Fsp3) is 0.500. The number of hydrogen-bond donors (Lipinski definition) is 3. The molecule has 0 aliphatic heterocycles. The van der Waals surface area contributed by atoms with Crippen molar-refractivity contribution in [3.05, 3.63) is 36.5 Å². The van der Waals surface area contributed by atoms with Crippen LogP contribution in [0.25, 0.3) is 10.9 Å². The second-order valence-electron chi connectivity index (χ2n) is 6.45. The minimum atomic E-state index is -0.402. The van der Waals surface area contributed by atoms with Gasteiger partial charge in [-0.3, -0.25) is 0 Å². The van der Waals surface area contributed by atoms with Crippen LogP contribution in [0.15, 0.2) is 36.5 Å². The molecule has 0 radical (unpaired) electrons. The van der Waals surface area contributed by atoms with Crippen LogP contribution in [-0.2, 0) is 6.54 Å². The number of hydrogen-bond acceptors (Lipinski definition) is 2. The average molecular weight is 315 g/mol. The summed E-state index contributed by atoms with van der Waals surface area (Å²) in [7, 11) is 0. The number of nitrogens with zero attached hydrogens (tertiary/aromatic N) is 1. The number of rotatable bonds is 6. The highest BCUT2D eigenvalue weighted by atomic mass is 16.3. The fourth-order valence-corrected chi connectivity index (χ4v) is 3.45. The van der Waals surface area contributed by atoms with Crippen LogP contribution in [0.5, 0.6) is 0 Å². The number of fused-ring (bicyclic) bond motifs is 1. The molecule has 23 heavy (non-hydrogen) atoms. The van der Waals surface area contributed by atoms with Gasteiger partial charge in [-0.15, -0.1) is 0 Å². The van der Waals surface area contributed by atoms with Crippen LogP contribution >= 0.6 is 0 Å². The lowest BCUT2D eigenvalue weighted by atomic mass is 9.99. The van der Waals surface area contributed by atoms with E-state index in [1.807, 2.05) is 12.1 Å². The zero-order valence-corrected chi connectivity index (χ0v) is 13.4. The van der Waals surface area contributed by atoms with Gasteiger partial charge in [-0.05, 0) is 36.8 Å². The van der Waals surface area contributed by atoms with Gasteiger partial charge in [0.15, 0.2) is 0 Å². The van der Waals surface area contributed by atoms with E-state index in [1.165, 1.54) is 10.9 Å². The Bertz CT molecular complexity index is 659. The summed E-state index contributed by atoms with van der Waals surface area (Å²) in [6.45, 7) is 1.52. The van der Waals surface area contributed by atoms with Crippen LogP contribution < -0.4 is 10.6 Å². The van der Waals surface area contributed by atoms with Crippen molar-refractivity contribution in [2.45, 2.75) is 44.2 Å². The van der Waals surface area contributed by atoms with Gasteiger partial charge >= 0.3 is 6.03 Å². The Morgan fingerprint density at radius 3 is 2.78 bits per heavy atom. The number of aromatic nitrogens is 1. The third-order valence-electron chi connectivity index (χ3n) is 4.78. The van der Waals surface area contributed by atoms with E-state index >= 15 is 0 Å². The molecule has 0 saturated heterocycles. The molecule has 1 aromatic carbocycles. The molecule has 5 nitrogen and oxygen atoms in total. The van der Waals surface area contributed by atoms with E-state index < -0.39 is 5.54 Å². The number of nitrogens with one attached hydrogen (secondary N) is 2. The second kappa shape index (κ2) is 7.04. The van der Waals surface area contributed by atoms with Crippen molar-refractivity contribution >= 4 is 16.9 Å². The molecule has 1 aliphatic rings. The molecular weight excluding hydrogens is 290 g/mol. The lowest BCUT2D eigenvalue weighted by Crippen LogP contribution is -2.53. The summed E-state index contributed by atoms with van der Waals surface area (Å²) in [4.78, 5) is 12.0. The number of carbonyl (C=O) groups is 1. The van der Waals surface area contributed by atoms with Crippen molar-refractivity contribution in [3.63, 3.8) is 0 Å². The number of benzene rings is 1. The predicted molar refractivity (Wildman–Crippen MR) is 91.4 cm³/mol. The van der Waals surface area contributed by atoms with Crippen LogP contribution in [0.4, 0.5) is 4.79 Å². The highest BCUT2D eigenvalue weighted by Gasteiger charge is 2.34. The first-order valence-corrected chi connectivity index (χ1v) is 8.43. The van der Waals surface area contributed by atoms with Crippen molar-refractivity contribution in [2.75, 3.05) is 13.2 Å². The van der Waals surface area contributed by atoms with Gasteiger partial charge in [0.25, 0.3) is 0 Å². The number of aliphatic hydroxyl groups is 1. The van der Waals surface area contributed by atoms with Gasteiger partial charge in [0, 0.05) is 24.8 Å². The Balaban J connectivity index is 1.43. The van der Waals surface area contributed by atoms with Gasteiger partial charge in [0.1, 0.15) is 0 Å². The molecule has 0 spiro atoms. The first-order chi connectivity index (χ1) is 11.2. The van der Waals surface area contributed by atoms with E-state index in [0.29, 0.717) is 6.54 Å². The number of amides is 2. The van der Waals surface area contributed by atoms with E-state index in [4.69, 9.17) is 0 Å². The molecule has 1 aromatic heterocycles. The average Bonchev–Trinajstić information content (AvgIpc) is 3.19. The Labute approximate surface area is 136 Å². The first kappa shape index (κ1) is 15.9. The Morgan fingerprint density at radius 2 is 2.00 bits per heavy atom. The molecule has 2 amide bonds. The second-order valence-corrected chi connectivity index (χ2v) is 6.45. The molecular formula is C18H25N3O2. The van der Waals surface area contributed by atoms with Crippen molar-refractivity contribution in [3.8, 4) is 0 Å². The summed E-state index contributed by atoms with van der Waals surface area (Å²) in [5.74, 6) is 0. The van der Waals surface area contributed by atoms with Crippen LogP contribution in [0.2, 0.25) is 0 Å². The summed E-state index contributed by atoms with van der Waals surface area (Å²) in [5, 5.41) is 16.6. The number of carbonyl (C=O) groups excluding carboxylic acids is 1. The molecule has 1 fully saturated rings. The molecule has 1 saturated carbocycles. The van der Waals surface area contributed by atoms with Crippen molar-refractivity contribution in [1.82, 2.24) is 15.2 Å². The van der Waals surface area contributed by atoms with Gasteiger partial charge in [-0.1, -0.05) is 31.0 Å². The molecule has 5 heteroatoms. The Morgan fingerprint density at radius 1 is 1.22 bits per heavy atom. The monoisotopic (exact) mass is 315 g/mol. The fourth-order valence-electron chi connectivity index (χ4n) is 3.45. The molecule has 0 bridgehead atoms. The number of aliphatic hydroxyl groups excluding tert-OH is 1. The quantitative estimate of drug-likeness (QED) is 0.717. The normalized spacial score (nSPS) is 16.6. The number of urea groups is 1. The van der Waals surface area contributed by atoms with Gasteiger partial charge in [-0.25, -0.2) is 4.79 Å². The first-order valence-electron chi connectivity index (χ1n) is 8.43. The Kier molecular flexibility index (Phi) is 4.86. The molecule has 0 unspecified atom stereocenters. The van der Waals surface area contributed by atoms with Crippen molar-refractivity contribution in [2.24, 2.45) is 0 Å². The molecule has 3 rings (SSSR count). The molecule has 124 valence electrons. The molecule has 1 heterocycles. The van der Waals surface area contributed by atoms with E-state index in [0.717, 1.165) is 38.6 Å². The molecule has 3 N–H and O–H groups in total. The smallest absolute Gasteiger partial charge is 0.315 e. The van der Waals surface area contributed by atoms with E-state index in [-0.39, 0.29) is 12.6 Å². The van der Waals surface area contributed by atoms with Gasteiger partial charge in [0.05, 0.1) is 12.1 Å². The zero-order chi connectivity index (χ0) is 16.1. The number of para-hydroxylation sites is 1. The minimum Gasteiger partial charge on any atom is -0.394 e. The third kappa shape index (κ3) is 3.67. The lowest BCUT2D eigenvalue weighted by molar-refractivity contribution is 0.163. The summed E-state index contributed by atoms with van der Waals surface area (Å²) < 4.78 is 2.21. The summed E-state index contributed by atoms with van der Waals surface area (Å²) in [6, 6.07) is 10.2. The highest BCUT2D eigenvalue weighted by molar-refractivity contribution is 5.79. The van der Waals surface area contributed by atoms with Gasteiger partial charge in [-0.2, -0.15) is 0 Å². The third-order valence-corrected chi connectivity index (χ3v) is 4.78. The van der Waals surface area contributed by atoms with Crippen LogP contribution in [0.1, 0.15) is 32.1 Å². The van der Waals surface area contributed by atoms with Crippen molar-refractivity contribution in [1.29, 1.82) is 0 Å². The van der Waals surface area contributed by atoms with E-state index in [2.05, 4.69) is 39.6 Å². The zero-order valence-electron chi connectivity index (χ0n) is 13.4. The lowest BCUT2D eigenvalue weighted by Gasteiger charge is -2.28. The van der Waals surface area contributed by atoms with E-state index in [9.17, 15) is 9.90 Å². The van der Waals surface area contributed by atoms with Gasteiger partial charge in [0.2, 0.25) is 0 Å². The topological polar surface area (TPSA) is 66.3 Å². The maximum atomic E-state index is 12.0. The van der Waals surface area contributed by atoms with Crippen LogP contribution in [0, 0.1) is 0 Å². The van der Waals surface area contributed by atoms with Crippen molar-refractivity contribution < 1.29 is 9.90 Å². The maximum absolute atomic E-state index is 12.0. The maximum Gasteiger partial charge on any atom is 0.315 e. The molecule has 1 aliphatic carbocycles. The predicted octanol–water partition coefficient (Wildman–Crippen LogP) is 2.64. The van der Waals surface area contributed by atoms with Crippen LogP contribution in [-0.4, -0.2) is 34.4 Å². The Hall–Kier alpha value is -2.01. The minimum absolute atomic E-state index is 0.0236. The molecule has 0 atom stereocenters. The number of aryl methyl sites for hydroxylation is 1.